The molecule has 0 aliphatic carbocycles. The van der Waals surface area contributed by atoms with Crippen LogP contribution >= 0.6 is 27.7 Å². The maximum Gasteiger partial charge on any atom is 0.262 e. The Morgan fingerprint density at radius 1 is 1.46 bits per heavy atom. The van der Waals surface area contributed by atoms with Gasteiger partial charge in [-0.3, -0.25) is 14.2 Å². The van der Waals surface area contributed by atoms with Crippen molar-refractivity contribution in [2.45, 2.75) is 31.6 Å². The van der Waals surface area contributed by atoms with Crippen LogP contribution in [0.4, 0.5) is 0 Å². The Morgan fingerprint density at radius 2 is 2.21 bits per heavy atom. The number of rotatable bonds is 7. The summed E-state index contributed by atoms with van der Waals surface area (Å²) in [6.45, 7) is 4.60. The van der Waals surface area contributed by atoms with E-state index in [1.54, 1.807) is 23.8 Å². The number of methoxy groups -OCH3 is 1. The lowest BCUT2D eigenvalue weighted by Gasteiger charge is -2.13. The number of ether oxygens (including phenoxy) is 1. The largest absolute Gasteiger partial charge is 0.383 e. The number of fused-ring (bicyclic) bond motifs is 1. The fourth-order valence-electron chi connectivity index (χ4n) is 2.16. The number of benzene rings is 1. The van der Waals surface area contributed by atoms with Crippen LogP contribution in [0, 0.1) is 0 Å². The fourth-order valence-corrected chi connectivity index (χ4v) is 3.35. The highest BCUT2D eigenvalue weighted by molar-refractivity contribution is 9.10. The third-order valence-corrected chi connectivity index (χ3v) is 4.65. The molecule has 1 heterocycles. The first-order valence-electron chi connectivity index (χ1n) is 7.53. The van der Waals surface area contributed by atoms with E-state index in [1.807, 2.05) is 19.9 Å². The maximum atomic E-state index is 12.8. The predicted octanol–water partition coefficient (Wildman–Crippen LogP) is 2.42. The monoisotopic (exact) mass is 413 g/mol. The van der Waals surface area contributed by atoms with E-state index in [9.17, 15) is 9.59 Å². The third kappa shape index (κ3) is 4.81. The number of aromatic nitrogens is 2. The third-order valence-electron chi connectivity index (χ3n) is 3.18. The van der Waals surface area contributed by atoms with Crippen molar-refractivity contribution in [3.05, 3.63) is 33.0 Å². The summed E-state index contributed by atoms with van der Waals surface area (Å²) in [5, 5.41) is 3.89. The number of hydrogen-bond donors (Lipinski definition) is 1. The number of hydrogen-bond acceptors (Lipinski definition) is 5. The molecule has 0 atom stereocenters. The van der Waals surface area contributed by atoms with Gasteiger partial charge in [-0.25, -0.2) is 4.98 Å². The van der Waals surface area contributed by atoms with Crippen LogP contribution in [0.25, 0.3) is 10.9 Å². The Balaban J connectivity index is 2.37. The van der Waals surface area contributed by atoms with Crippen LogP contribution in [-0.2, 0) is 16.1 Å². The summed E-state index contributed by atoms with van der Waals surface area (Å²) in [6.07, 6.45) is 0. The molecule has 2 aromatic rings. The van der Waals surface area contributed by atoms with E-state index < -0.39 is 0 Å². The van der Waals surface area contributed by atoms with Crippen molar-refractivity contribution in [3.63, 3.8) is 0 Å². The molecule has 1 amide bonds. The number of nitrogens with zero attached hydrogens (tertiary/aromatic N) is 2. The second-order valence-electron chi connectivity index (χ2n) is 5.52. The van der Waals surface area contributed by atoms with E-state index in [4.69, 9.17) is 4.74 Å². The molecule has 0 aliphatic rings. The molecule has 0 saturated carbocycles. The summed E-state index contributed by atoms with van der Waals surface area (Å²) in [4.78, 5) is 29.2. The Bertz CT molecular complexity index is 792. The van der Waals surface area contributed by atoms with E-state index in [2.05, 4.69) is 26.2 Å². The molecule has 0 fully saturated rings. The van der Waals surface area contributed by atoms with Gasteiger partial charge in [0.1, 0.15) is 0 Å². The average Bonchev–Trinajstić information content (AvgIpc) is 2.52. The van der Waals surface area contributed by atoms with Crippen LogP contribution in [0.15, 0.2) is 32.6 Å². The molecule has 24 heavy (non-hydrogen) atoms. The minimum atomic E-state index is -0.134. The summed E-state index contributed by atoms with van der Waals surface area (Å²) >= 11 is 4.63. The van der Waals surface area contributed by atoms with Gasteiger partial charge >= 0.3 is 0 Å². The van der Waals surface area contributed by atoms with Crippen molar-refractivity contribution in [3.8, 4) is 0 Å². The highest BCUT2D eigenvalue weighted by Crippen LogP contribution is 2.20. The number of amides is 1. The van der Waals surface area contributed by atoms with E-state index in [0.717, 1.165) is 4.47 Å². The summed E-state index contributed by atoms with van der Waals surface area (Å²) in [6, 6.07) is 5.47. The first-order chi connectivity index (χ1) is 11.4. The minimum absolute atomic E-state index is 0.0793. The van der Waals surface area contributed by atoms with Gasteiger partial charge in [-0.1, -0.05) is 27.7 Å². The van der Waals surface area contributed by atoms with Crippen LogP contribution < -0.4 is 10.9 Å². The second-order valence-corrected chi connectivity index (χ2v) is 7.37. The topological polar surface area (TPSA) is 73.2 Å². The summed E-state index contributed by atoms with van der Waals surface area (Å²) in [7, 11) is 1.58. The van der Waals surface area contributed by atoms with E-state index >= 15 is 0 Å². The number of halogens is 1. The number of carbonyl (C=O) groups excluding carboxylic acids is 1. The van der Waals surface area contributed by atoms with Gasteiger partial charge in [-0.15, -0.1) is 0 Å². The highest BCUT2D eigenvalue weighted by Gasteiger charge is 2.14. The SMILES string of the molecule is COCCn1c(SCC(=O)NC(C)C)nc2ccc(Br)cc2c1=O. The van der Waals surface area contributed by atoms with Gasteiger partial charge in [0.05, 0.1) is 29.8 Å². The molecule has 0 radical (unpaired) electrons. The maximum absolute atomic E-state index is 12.8. The smallest absolute Gasteiger partial charge is 0.262 e. The first kappa shape index (κ1) is 19.0. The molecule has 2 rings (SSSR count). The molecule has 0 bridgehead atoms. The van der Waals surface area contributed by atoms with Crippen LogP contribution in [0.1, 0.15) is 13.8 Å². The van der Waals surface area contributed by atoms with Crippen LogP contribution in [0.2, 0.25) is 0 Å². The van der Waals surface area contributed by atoms with Gasteiger partial charge in [0, 0.05) is 17.6 Å². The van der Waals surface area contributed by atoms with E-state index in [0.29, 0.717) is 29.2 Å². The van der Waals surface area contributed by atoms with Crippen molar-refractivity contribution in [1.82, 2.24) is 14.9 Å². The van der Waals surface area contributed by atoms with Gasteiger partial charge in [0.2, 0.25) is 5.91 Å². The molecule has 1 aromatic carbocycles. The Labute approximate surface area is 153 Å². The van der Waals surface area contributed by atoms with Gasteiger partial charge in [0.15, 0.2) is 5.16 Å². The zero-order valence-corrected chi connectivity index (χ0v) is 16.2. The van der Waals surface area contributed by atoms with Crippen molar-refractivity contribution in [1.29, 1.82) is 0 Å². The van der Waals surface area contributed by atoms with Crippen molar-refractivity contribution < 1.29 is 9.53 Å². The van der Waals surface area contributed by atoms with Crippen molar-refractivity contribution in [2.24, 2.45) is 0 Å². The molecule has 0 aliphatic heterocycles. The fraction of sp³-hybridized carbons (Fsp3) is 0.438. The molecule has 6 nitrogen and oxygen atoms in total. The van der Waals surface area contributed by atoms with E-state index in [-0.39, 0.29) is 23.3 Å². The van der Waals surface area contributed by atoms with Gasteiger partial charge in [0.25, 0.3) is 5.56 Å². The zero-order chi connectivity index (χ0) is 17.7. The lowest BCUT2D eigenvalue weighted by atomic mass is 10.2. The Kier molecular flexibility index (Phi) is 6.82. The van der Waals surface area contributed by atoms with Gasteiger partial charge < -0.3 is 10.1 Å². The highest BCUT2D eigenvalue weighted by atomic mass is 79.9. The van der Waals surface area contributed by atoms with E-state index in [1.165, 1.54) is 11.8 Å². The van der Waals surface area contributed by atoms with Crippen LogP contribution in [0.5, 0.6) is 0 Å². The normalized spacial score (nSPS) is 11.2. The molecule has 1 N–H and O–H groups in total. The van der Waals surface area contributed by atoms with Crippen molar-refractivity contribution >= 4 is 44.5 Å². The summed E-state index contributed by atoms with van der Waals surface area (Å²) in [5.41, 5.74) is 0.480. The van der Waals surface area contributed by atoms with Crippen LogP contribution in [0.3, 0.4) is 0 Å². The zero-order valence-electron chi connectivity index (χ0n) is 13.8. The quantitative estimate of drug-likeness (QED) is 0.557. The summed E-state index contributed by atoms with van der Waals surface area (Å²) in [5.74, 6) is 0.123. The van der Waals surface area contributed by atoms with Gasteiger partial charge in [-0.2, -0.15) is 0 Å². The molecule has 1 aromatic heterocycles. The standard InChI is InChI=1S/C16H20BrN3O3S/c1-10(2)18-14(21)9-24-16-19-13-5-4-11(17)8-12(13)15(22)20(16)6-7-23-3/h4-5,8,10H,6-7,9H2,1-3H3,(H,18,21). The number of thioether (sulfide) groups is 1. The molecular formula is C16H20BrN3O3S. The number of nitrogens with one attached hydrogen (secondary N) is 1. The minimum Gasteiger partial charge on any atom is -0.383 e. The first-order valence-corrected chi connectivity index (χ1v) is 9.31. The molecule has 0 unspecified atom stereocenters. The lowest BCUT2D eigenvalue weighted by molar-refractivity contribution is -0.119. The molecule has 0 saturated heterocycles. The predicted molar refractivity (Wildman–Crippen MR) is 99.6 cm³/mol. The second kappa shape index (κ2) is 8.64. The van der Waals surface area contributed by atoms with Crippen molar-refractivity contribution in [2.75, 3.05) is 19.5 Å². The van der Waals surface area contributed by atoms with Crippen LogP contribution in [-0.4, -0.2) is 41.0 Å². The number of carbonyl (C=O) groups is 1. The molecular weight excluding hydrogens is 394 g/mol. The Hall–Kier alpha value is -1.38. The molecule has 8 heteroatoms. The van der Waals surface area contributed by atoms with Gasteiger partial charge in [-0.05, 0) is 32.0 Å². The average molecular weight is 414 g/mol. The molecule has 0 spiro atoms. The summed E-state index contributed by atoms with van der Waals surface area (Å²) < 4.78 is 7.47. The lowest BCUT2D eigenvalue weighted by Crippen LogP contribution is -2.32. The Morgan fingerprint density at radius 3 is 2.88 bits per heavy atom. The molecule has 130 valence electrons.